The Balaban J connectivity index is 4.95. The first-order valence-corrected chi connectivity index (χ1v) is 14.5. The van der Waals surface area contributed by atoms with E-state index in [-0.39, 0.29) is 19.6 Å². The van der Waals surface area contributed by atoms with E-state index >= 15 is 0 Å². The van der Waals surface area contributed by atoms with Gasteiger partial charge in [0.15, 0.2) is 0 Å². The molecule has 0 rings (SSSR count). The molecule has 0 aromatic rings. The summed E-state index contributed by atoms with van der Waals surface area (Å²) in [6.45, 7) is 6.47. The van der Waals surface area contributed by atoms with Crippen molar-refractivity contribution in [3.05, 3.63) is 0 Å². The van der Waals surface area contributed by atoms with Gasteiger partial charge in [0.1, 0.15) is 0 Å². The van der Waals surface area contributed by atoms with Gasteiger partial charge in [-0.3, -0.25) is 14.1 Å². The zero-order valence-corrected chi connectivity index (χ0v) is 22.1. The van der Waals surface area contributed by atoms with Crippen LogP contribution in [0.25, 0.3) is 0 Å². The Labute approximate surface area is 202 Å². The molecule has 0 aliphatic heterocycles. The number of ether oxygens (including phenoxy) is 2. The minimum atomic E-state index is -4.88. The first kappa shape index (κ1) is 31.9. The summed E-state index contributed by atoms with van der Waals surface area (Å²) in [4.78, 5) is 25.3. The maximum atomic E-state index is 12.9. The average molecular weight is 493 g/mol. The maximum absolute atomic E-state index is 12.9. The molecule has 196 valence electrons. The Kier molecular flexibility index (Phi) is 18.5. The van der Waals surface area contributed by atoms with Gasteiger partial charge in [0.2, 0.25) is 4.75 Å². The lowest BCUT2D eigenvalue weighted by molar-refractivity contribution is -0.154. The van der Waals surface area contributed by atoms with Crippen LogP contribution in [0.1, 0.15) is 130 Å². The van der Waals surface area contributed by atoms with Gasteiger partial charge in [-0.25, -0.2) is 0 Å². The van der Waals surface area contributed by atoms with E-state index in [1.807, 2.05) is 6.92 Å². The first-order chi connectivity index (χ1) is 15.7. The van der Waals surface area contributed by atoms with Crippen LogP contribution >= 0.6 is 0 Å². The summed E-state index contributed by atoms with van der Waals surface area (Å²) in [6, 6.07) is 0. The van der Waals surface area contributed by atoms with Crippen molar-refractivity contribution in [2.75, 3.05) is 13.2 Å². The van der Waals surface area contributed by atoms with E-state index in [1.54, 1.807) is 0 Å². The highest BCUT2D eigenvalue weighted by atomic mass is 32.2. The van der Waals surface area contributed by atoms with E-state index < -0.39 is 33.2 Å². The molecule has 8 heteroatoms. The van der Waals surface area contributed by atoms with E-state index in [1.165, 1.54) is 6.42 Å². The van der Waals surface area contributed by atoms with Gasteiger partial charge >= 0.3 is 11.9 Å². The van der Waals surface area contributed by atoms with Crippen molar-refractivity contribution in [3.8, 4) is 0 Å². The fraction of sp³-hybridized carbons (Fsp3) is 0.920. The molecule has 0 spiro atoms. The van der Waals surface area contributed by atoms with Gasteiger partial charge in [-0.05, 0) is 19.3 Å². The lowest BCUT2D eigenvalue weighted by Gasteiger charge is -2.27. The molecule has 33 heavy (non-hydrogen) atoms. The third-order valence-electron chi connectivity index (χ3n) is 5.97. The van der Waals surface area contributed by atoms with Crippen molar-refractivity contribution >= 4 is 22.1 Å². The van der Waals surface area contributed by atoms with Crippen LogP contribution in [0.4, 0.5) is 0 Å². The van der Waals surface area contributed by atoms with Gasteiger partial charge in [-0.2, -0.15) is 8.42 Å². The van der Waals surface area contributed by atoms with Crippen LogP contribution in [0.15, 0.2) is 0 Å². The van der Waals surface area contributed by atoms with Crippen LogP contribution in [-0.4, -0.2) is 42.9 Å². The average Bonchev–Trinajstić information content (AvgIpc) is 2.76. The predicted molar refractivity (Wildman–Crippen MR) is 132 cm³/mol. The Hall–Kier alpha value is -1.15. The molecule has 1 N–H and O–H groups in total. The molecule has 0 aromatic heterocycles. The maximum Gasteiger partial charge on any atom is 0.330 e. The van der Waals surface area contributed by atoms with E-state index in [2.05, 4.69) is 13.8 Å². The van der Waals surface area contributed by atoms with Gasteiger partial charge in [-0.15, -0.1) is 0 Å². The number of carbonyl (C=O) groups excluding carboxylic acids is 2. The van der Waals surface area contributed by atoms with Crippen LogP contribution in [0, 0.1) is 0 Å². The molecule has 0 radical (unpaired) electrons. The normalized spacial score (nSPS) is 13.5. The molecule has 0 aliphatic carbocycles. The van der Waals surface area contributed by atoms with Crippen molar-refractivity contribution in [1.82, 2.24) is 0 Å². The Morgan fingerprint density at radius 2 is 1.09 bits per heavy atom. The summed E-state index contributed by atoms with van der Waals surface area (Å²) < 4.78 is 42.9. The number of hydrogen-bond donors (Lipinski definition) is 1. The highest BCUT2D eigenvalue weighted by molar-refractivity contribution is 7.88. The topological polar surface area (TPSA) is 107 Å². The molecule has 1 atom stereocenters. The standard InChI is InChI=1S/C25H48O7S/c1-4-7-10-12-14-17-20-31-23(26)22-25(33(28,29)30,19-16-9-6-3)24(27)32-21-18-15-13-11-8-5-2/h4-22H2,1-3H3,(H,28,29,30). The summed E-state index contributed by atoms with van der Waals surface area (Å²) in [5.41, 5.74) is 0. The Morgan fingerprint density at radius 1 is 0.667 bits per heavy atom. The van der Waals surface area contributed by atoms with Crippen molar-refractivity contribution in [2.45, 2.75) is 135 Å². The minimum Gasteiger partial charge on any atom is -0.466 e. The monoisotopic (exact) mass is 492 g/mol. The zero-order chi connectivity index (χ0) is 25.0. The Morgan fingerprint density at radius 3 is 1.58 bits per heavy atom. The molecule has 0 saturated carbocycles. The van der Waals surface area contributed by atoms with Crippen LogP contribution in [0.3, 0.4) is 0 Å². The smallest absolute Gasteiger partial charge is 0.330 e. The van der Waals surface area contributed by atoms with E-state index in [4.69, 9.17) is 9.47 Å². The largest absolute Gasteiger partial charge is 0.466 e. The highest BCUT2D eigenvalue weighted by Gasteiger charge is 2.53. The molecule has 0 amide bonds. The number of carbonyl (C=O) groups is 2. The van der Waals surface area contributed by atoms with E-state index in [0.717, 1.165) is 64.2 Å². The first-order valence-electron chi connectivity index (χ1n) is 13.0. The molecule has 0 heterocycles. The minimum absolute atomic E-state index is 0.0722. The molecule has 1 unspecified atom stereocenters. The van der Waals surface area contributed by atoms with Crippen molar-refractivity contribution < 1.29 is 32.0 Å². The summed E-state index contributed by atoms with van der Waals surface area (Å²) in [5, 5.41) is 0. The molecule has 0 aromatic carbocycles. The molecule has 7 nitrogen and oxygen atoms in total. The van der Waals surface area contributed by atoms with Crippen LogP contribution in [-0.2, 0) is 29.2 Å². The van der Waals surface area contributed by atoms with E-state index in [0.29, 0.717) is 25.7 Å². The summed E-state index contributed by atoms with van der Waals surface area (Å²) in [7, 11) is -4.88. The van der Waals surface area contributed by atoms with Crippen molar-refractivity contribution in [2.24, 2.45) is 0 Å². The van der Waals surface area contributed by atoms with Crippen LogP contribution < -0.4 is 0 Å². The summed E-state index contributed by atoms with van der Waals surface area (Å²) in [5.74, 6) is -1.85. The second-order valence-electron chi connectivity index (χ2n) is 9.00. The summed E-state index contributed by atoms with van der Waals surface area (Å²) >= 11 is 0. The van der Waals surface area contributed by atoms with Gasteiger partial charge in [0.05, 0.1) is 19.6 Å². The molecule has 0 aliphatic rings. The fourth-order valence-electron chi connectivity index (χ4n) is 3.78. The Bertz CT molecular complexity index is 618. The quantitative estimate of drug-likeness (QED) is 0.106. The lowest BCUT2D eigenvalue weighted by Crippen LogP contribution is -2.49. The molecular formula is C25H48O7S. The third-order valence-corrected chi connectivity index (χ3v) is 7.47. The number of rotatable bonds is 22. The van der Waals surface area contributed by atoms with Gasteiger partial charge < -0.3 is 9.47 Å². The molecule has 0 fully saturated rings. The predicted octanol–water partition coefficient (Wildman–Crippen LogP) is 6.39. The molecular weight excluding hydrogens is 444 g/mol. The van der Waals surface area contributed by atoms with E-state index in [9.17, 15) is 22.6 Å². The van der Waals surface area contributed by atoms with Gasteiger partial charge in [0, 0.05) is 0 Å². The second kappa shape index (κ2) is 19.2. The zero-order valence-electron chi connectivity index (χ0n) is 21.2. The van der Waals surface area contributed by atoms with Gasteiger partial charge in [-0.1, -0.05) is 104 Å². The number of esters is 2. The molecule has 0 saturated heterocycles. The SMILES string of the molecule is CCCCCCCCOC(=O)CC(CCCCC)(C(=O)OCCCCCCCC)S(=O)(=O)O. The second-order valence-corrected chi connectivity index (χ2v) is 10.7. The van der Waals surface area contributed by atoms with Crippen LogP contribution in [0.2, 0.25) is 0 Å². The highest BCUT2D eigenvalue weighted by Crippen LogP contribution is 2.31. The molecule has 0 bridgehead atoms. The van der Waals surface area contributed by atoms with Crippen molar-refractivity contribution in [3.63, 3.8) is 0 Å². The number of hydrogen-bond acceptors (Lipinski definition) is 6. The summed E-state index contributed by atoms with van der Waals surface area (Å²) in [6.07, 6.45) is 13.0. The van der Waals surface area contributed by atoms with Crippen LogP contribution in [0.5, 0.6) is 0 Å². The lowest BCUT2D eigenvalue weighted by atomic mass is 9.96. The van der Waals surface area contributed by atoms with Gasteiger partial charge in [0.25, 0.3) is 10.1 Å². The fourth-order valence-corrected chi connectivity index (χ4v) is 4.75. The third kappa shape index (κ3) is 14.0. The number of unbranched alkanes of at least 4 members (excludes halogenated alkanes) is 12. The van der Waals surface area contributed by atoms with Crippen molar-refractivity contribution in [1.29, 1.82) is 0 Å².